The zero-order valence-electron chi connectivity index (χ0n) is 18.8. The zero-order valence-corrected chi connectivity index (χ0v) is 18.8. The van der Waals surface area contributed by atoms with E-state index in [4.69, 9.17) is 4.74 Å². The summed E-state index contributed by atoms with van der Waals surface area (Å²) in [5, 5.41) is 17.2. The van der Waals surface area contributed by atoms with Crippen molar-refractivity contribution in [2.45, 2.75) is 71.9 Å². The van der Waals surface area contributed by atoms with E-state index < -0.39 is 17.7 Å². The summed E-state index contributed by atoms with van der Waals surface area (Å²) in [4.78, 5) is 37.8. The van der Waals surface area contributed by atoms with Crippen LogP contribution in [-0.4, -0.2) is 73.0 Å². The number of rotatable bonds is 12. The van der Waals surface area contributed by atoms with Gasteiger partial charge in [0.2, 0.25) is 5.91 Å². The van der Waals surface area contributed by atoms with Gasteiger partial charge in [0.25, 0.3) is 0 Å². The first kappa shape index (κ1) is 27.0. The number of unbranched alkanes of at least 4 members (excludes halogenated alkanes) is 1. The second kappa shape index (κ2) is 14.0. The Morgan fingerprint density at radius 2 is 1.72 bits per heavy atom. The fraction of sp³-hybridized carbons (Fsp3) is 0.850. The van der Waals surface area contributed by atoms with Gasteiger partial charge in [-0.25, -0.2) is 9.59 Å². The van der Waals surface area contributed by atoms with E-state index >= 15 is 0 Å². The lowest BCUT2D eigenvalue weighted by atomic mass is 10.1. The third-order valence-electron chi connectivity index (χ3n) is 4.08. The molecule has 4 amide bonds. The number of hydrogen-bond acceptors (Lipinski definition) is 5. The molecule has 0 aliphatic rings. The summed E-state index contributed by atoms with van der Waals surface area (Å²) in [7, 11) is 1.52. The highest BCUT2D eigenvalue weighted by Gasteiger charge is 2.22. The molecule has 9 nitrogen and oxygen atoms in total. The Bertz CT molecular complexity index is 506. The maximum Gasteiger partial charge on any atom is 0.407 e. The van der Waals surface area contributed by atoms with E-state index in [1.54, 1.807) is 20.8 Å². The van der Waals surface area contributed by atoms with Gasteiger partial charge in [0.1, 0.15) is 11.6 Å². The average Bonchev–Trinajstić information content (AvgIpc) is 2.61. The molecule has 0 saturated carbocycles. The molecule has 0 radical (unpaired) electrons. The van der Waals surface area contributed by atoms with Crippen molar-refractivity contribution in [2.75, 3.05) is 33.3 Å². The highest BCUT2D eigenvalue weighted by Crippen LogP contribution is 2.07. The van der Waals surface area contributed by atoms with E-state index in [0.29, 0.717) is 38.3 Å². The van der Waals surface area contributed by atoms with Crippen molar-refractivity contribution in [2.24, 2.45) is 5.92 Å². The molecule has 0 saturated heterocycles. The highest BCUT2D eigenvalue weighted by molar-refractivity contribution is 5.86. The number of urea groups is 1. The lowest BCUT2D eigenvalue weighted by molar-refractivity contribution is -0.122. The van der Waals surface area contributed by atoms with E-state index in [0.717, 1.165) is 6.42 Å². The summed E-state index contributed by atoms with van der Waals surface area (Å²) in [5.74, 6) is 0.155. The van der Waals surface area contributed by atoms with E-state index in [2.05, 4.69) is 29.8 Å². The van der Waals surface area contributed by atoms with Crippen LogP contribution in [0.2, 0.25) is 0 Å². The monoisotopic (exact) mass is 416 g/mol. The van der Waals surface area contributed by atoms with E-state index in [1.807, 2.05) is 0 Å². The molecule has 0 unspecified atom stereocenters. The van der Waals surface area contributed by atoms with E-state index in [-0.39, 0.29) is 25.1 Å². The van der Waals surface area contributed by atoms with Crippen LogP contribution in [0.1, 0.15) is 60.3 Å². The van der Waals surface area contributed by atoms with Crippen LogP contribution in [0, 0.1) is 5.92 Å². The molecule has 0 bridgehead atoms. The first-order valence-corrected chi connectivity index (χ1v) is 10.3. The molecule has 170 valence electrons. The van der Waals surface area contributed by atoms with Crippen molar-refractivity contribution in [3.63, 3.8) is 0 Å². The minimum Gasteiger partial charge on any atom is -0.444 e. The van der Waals surface area contributed by atoms with Gasteiger partial charge in [0.05, 0.1) is 6.61 Å². The molecule has 0 rings (SSSR count). The first-order chi connectivity index (χ1) is 13.5. The number of carbonyl (C=O) groups is 3. The van der Waals surface area contributed by atoms with Gasteiger partial charge >= 0.3 is 12.1 Å². The van der Waals surface area contributed by atoms with Gasteiger partial charge in [-0.3, -0.25) is 4.79 Å². The number of alkyl carbamates (subject to hydrolysis) is 1. The van der Waals surface area contributed by atoms with Gasteiger partial charge < -0.3 is 30.7 Å². The normalized spacial score (nSPS) is 12.3. The third kappa shape index (κ3) is 13.7. The van der Waals surface area contributed by atoms with Crippen LogP contribution in [0.3, 0.4) is 0 Å². The summed E-state index contributed by atoms with van der Waals surface area (Å²) in [6.07, 6.45) is 2.07. The Kier molecular flexibility index (Phi) is 13.0. The third-order valence-corrected chi connectivity index (χ3v) is 4.08. The molecule has 0 aliphatic heterocycles. The maximum atomic E-state index is 12.5. The predicted molar refractivity (Wildman–Crippen MR) is 113 cm³/mol. The molecular formula is C20H40N4O5. The summed E-state index contributed by atoms with van der Waals surface area (Å²) >= 11 is 0. The molecule has 0 aromatic heterocycles. The number of aliphatic hydroxyl groups is 1. The molecule has 1 atom stereocenters. The molecule has 4 N–H and O–H groups in total. The summed E-state index contributed by atoms with van der Waals surface area (Å²) in [5.41, 5.74) is -0.547. The van der Waals surface area contributed by atoms with E-state index in [1.165, 1.54) is 11.9 Å². The Labute approximate surface area is 174 Å². The Hall–Kier alpha value is -2.03. The predicted octanol–water partition coefficient (Wildman–Crippen LogP) is 1.85. The van der Waals surface area contributed by atoms with Crippen LogP contribution >= 0.6 is 0 Å². The van der Waals surface area contributed by atoms with Crippen molar-refractivity contribution >= 4 is 18.0 Å². The van der Waals surface area contributed by atoms with Crippen LogP contribution in [0.25, 0.3) is 0 Å². The molecule has 0 fully saturated rings. The number of likely N-dealkylation sites (N-methyl/N-ethyl adjacent to an activating group) is 1. The van der Waals surface area contributed by atoms with Crippen molar-refractivity contribution < 1.29 is 24.2 Å². The Morgan fingerprint density at radius 1 is 1.07 bits per heavy atom. The molecule has 29 heavy (non-hydrogen) atoms. The maximum absolute atomic E-state index is 12.5. The van der Waals surface area contributed by atoms with Gasteiger partial charge in [0, 0.05) is 26.7 Å². The standard InChI is InChI=1S/C20H40N4O5/c1-15(2)10-12-24(13-14-25)18(27)23-16(17(26)21-6)9-7-8-11-22-19(28)29-20(3,4)5/h15-16,25H,7-14H2,1-6H3,(H,21,26)(H,22,28)(H,23,27)/t16-/m0/s1. The lowest BCUT2D eigenvalue weighted by Crippen LogP contribution is -2.51. The average molecular weight is 417 g/mol. The number of hydrogen-bond donors (Lipinski definition) is 4. The van der Waals surface area contributed by atoms with Gasteiger partial charge in [-0.1, -0.05) is 13.8 Å². The van der Waals surface area contributed by atoms with Crippen molar-refractivity contribution in [1.29, 1.82) is 0 Å². The van der Waals surface area contributed by atoms with Gasteiger partial charge in [-0.2, -0.15) is 0 Å². The number of amides is 4. The van der Waals surface area contributed by atoms with Crippen LogP contribution < -0.4 is 16.0 Å². The fourth-order valence-electron chi connectivity index (χ4n) is 2.51. The summed E-state index contributed by atoms with van der Waals surface area (Å²) in [6, 6.07) is -1.03. The largest absolute Gasteiger partial charge is 0.444 e. The minimum absolute atomic E-state index is 0.132. The Morgan fingerprint density at radius 3 is 2.24 bits per heavy atom. The lowest BCUT2D eigenvalue weighted by Gasteiger charge is -2.26. The highest BCUT2D eigenvalue weighted by atomic mass is 16.6. The molecule has 0 aliphatic carbocycles. The molecule has 0 aromatic carbocycles. The zero-order chi connectivity index (χ0) is 22.4. The fourth-order valence-corrected chi connectivity index (χ4v) is 2.51. The number of ether oxygens (including phenoxy) is 1. The van der Waals surface area contributed by atoms with Crippen LogP contribution in [0.5, 0.6) is 0 Å². The van der Waals surface area contributed by atoms with Crippen LogP contribution in [0.4, 0.5) is 9.59 Å². The molecular weight excluding hydrogens is 376 g/mol. The number of carbonyl (C=O) groups excluding carboxylic acids is 3. The second-order valence-corrected chi connectivity index (χ2v) is 8.43. The van der Waals surface area contributed by atoms with Gasteiger partial charge in [0.15, 0.2) is 0 Å². The molecule has 0 spiro atoms. The topological polar surface area (TPSA) is 120 Å². The first-order valence-electron chi connectivity index (χ1n) is 10.3. The van der Waals surface area contributed by atoms with Crippen molar-refractivity contribution in [1.82, 2.24) is 20.9 Å². The minimum atomic E-state index is -0.672. The molecule has 9 heteroatoms. The SMILES string of the molecule is CNC(=O)[C@H](CCCCNC(=O)OC(C)(C)C)NC(=O)N(CCO)CCC(C)C. The van der Waals surface area contributed by atoms with Gasteiger partial charge in [-0.15, -0.1) is 0 Å². The molecule has 0 heterocycles. The number of nitrogens with zero attached hydrogens (tertiary/aromatic N) is 1. The van der Waals surface area contributed by atoms with Crippen LogP contribution in [-0.2, 0) is 9.53 Å². The van der Waals surface area contributed by atoms with Crippen molar-refractivity contribution in [3.8, 4) is 0 Å². The quantitative estimate of drug-likeness (QED) is 0.362. The van der Waals surface area contributed by atoms with Crippen molar-refractivity contribution in [3.05, 3.63) is 0 Å². The number of aliphatic hydroxyl groups excluding tert-OH is 1. The summed E-state index contributed by atoms with van der Waals surface area (Å²) < 4.78 is 5.17. The smallest absolute Gasteiger partial charge is 0.407 e. The molecule has 0 aromatic rings. The Balaban J connectivity index is 4.52. The van der Waals surface area contributed by atoms with Crippen LogP contribution in [0.15, 0.2) is 0 Å². The second-order valence-electron chi connectivity index (χ2n) is 8.43. The number of nitrogens with one attached hydrogen (secondary N) is 3. The van der Waals surface area contributed by atoms with Gasteiger partial charge in [-0.05, 0) is 52.4 Å². The van der Waals surface area contributed by atoms with E-state index in [9.17, 15) is 19.5 Å². The summed E-state index contributed by atoms with van der Waals surface area (Å²) in [6.45, 7) is 10.5.